The number of carboxylic acid groups (broad SMARTS) is 1. The minimum Gasteiger partial charge on any atom is -0.481 e. The Morgan fingerprint density at radius 2 is 2.05 bits per heavy atom. The lowest BCUT2D eigenvalue weighted by Gasteiger charge is -2.38. The zero-order valence-electron chi connectivity index (χ0n) is 11.3. The van der Waals surface area contributed by atoms with Crippen LogP contribution in [0, 0.1) is 0 Å². The van der Waals surface area contributed by atoms with E-state index >= 15 is 0 Å². The van der Waals surface area contributed by atoms with Crippen molar-refractivity contribution >= 4 is 17.6 Å². The molecule has 1 aromatic carbocycles. The van der Waals surface area contributed by atoms with E-state index in [4.69, 9.17) is 0 Å². The maximum Gasteiger partial charge on any atom is 0.311 e. The lowest BCUT2D eigenvalue weighted by molar-refractivity contribution is -0.139. The van der Waals surface area contributed by atoms with Gasteiger partial charge in [0.15, 0.2) is 0 Å². The van der Waals surface area contributed by atoms with Crippen LogP contribution < -0.4 is 4.90 Å². The van der Waals surface area contributed by atoms with Gasteiger partial charge in [0, 0.05) is 18.2 Å². The Morgan fingerprint density at radius 1 is 1.37 bits per heavy atom. The Labute approximate surface area is 113 Å². The number of para-hydroxylation sites is 1. The molecule has 1 aliphatic heterocycles. The summed E-state index contributed by atoms with van der Waals surface area (Å²) in [7, 11) is 0. The highest BCUT2D eigenvalue weighted by Gasteiger charge is 2.36. The number of fused-ring (bicyclic) bond motifs is 1. The van der Waals surface area contributed by atoms with E-state index in [1.165, 1.54) is 0 Å². The number of aliphatic carboxylic acids is 1. The van der Waals surface area contributed by atoms with E-state index in [1.807, 2.05) is 38.1 Å². The molecular weight excluding hydrogens is 242 g/mol. The first kappa shape index (κ1) is 13.6. The number of carboxylic acids is 1. The van der Waals surface area contributed by atoms with E-state index in [0.717, 1.165) is 17.7 Å². The summed E-state index contributed by atoms with van der Waals surface area (Å²) in [5.41, 5.74) is 1.50. The lowest BCUT2D eigenvalue weighted by atomic mass is 9.86. The number of benzene rings is 1. The van der Waals surface area contributed by atoms with Gasteiger partial charge in [0.25, 0.3) is 0 Å². The second-order valence-corrected chi connectivity index (χ2v) is 5.05. The van der Waals surface area contributed by atoms with Gasteiger partial charge in [-0.2, -0.15) is 0 Å². The van der Waals surface area contributed by atoms with Gasteiger partial charge in [-0.3, -0.25) is 9.59 Å². The summed E-state index contributed by atoms with van der Waals surface area (Å²) in [4.78, 5) is 25.3. The van der Waals surface area contributed by atoms with Crippen molar-refractivity contribution in [3.8, 4) is 0 Å². The highest BCUT2D eigenvalue weighted by molar-refractivity contribution is 5.97. The Kier molecular flexibility index (Phi) is 3.88. The fourth-order valence-electron chi connectivity index (χ4n) is 2.76. The number of carbonyl (C=O) groups is 2. The second kappa shape index (κ2) is 5.43. The van der Waals surface area contributed by atoms with E-state index in [0.29, 0.717) is 12.8 Å². The maximum absolute atomic E-state index is 12.2. The molecule has 2 unspecified atom stereocenters. The molecule has 102 valence electrons. The summed E-state index contributed by atoms with van der Waals surface area (Å²) in [6.07, 6.45) is 1.77. The van der Waals surface area contributed by atoms with Gasteiger partial charge >= 0.3 is 5.97 Å². The summed E-state index contributed by atoms with van der Waals surface area (Å²) >= 11 is 0. The number of anilines is 1. The Bertz CT molecular complexity index is 498. The highest BCUT2D eigenvalue weighted by atomic mass is 16.4. The molecule has 0 bridgehead atoms. The Hall–Kier alpha value is -1.84. The average molecular weight is 261 g/mol. The molecule has 1 heterocycles. The number of amides is 1. The molecule has 4 heteroatoms. The Balaban J connectivity index is 2.44. The molecule has 1 N–H and O–H groups in total. The van der Waals surface area contributed by atoms with Crippen LogP contribution >= 0.6 is 0 Å². The molecule has 0 saturated heterocycles. The highest BCUT2D eigenvalue weighted by Crippen LogP contribution is 2.38. The SMILES string of the molecule is CCCC(=O)N1c2ccccc2C(C(=O)O)CC1C. The first-order valence-electron chi connectivity index (χ1n) is 6.70. The fraction of sp³-hybridized carbons (Fsp3) is 0.467. The minimum atomic E-state index is -0.818. The van der Waals surface area contributed by atoms with Crippen LogP contribution in [-0.2, 0) is 9.59 Å². The van der Waals surface area contributed by atoms with Crippen molar-refractivity contribution in [2.75, 3.05) is 4.90 Å². The molecule has 1 aromatic rings. The zero-order chi connectivity index (χ0) is 14.0. The topological polar surface area (TPSA) is 57.6 Å². The molecule has 0 aromatic heterocycles. The predicted octanol–water partition coefficient (Wildman–Crippen LogP) is 2.78. The van der Waals surface area contributed by atoms with Crippen LogP contribution in [0.25, 0.3) is 0 Å². The van der Waals surface area contributed by atoms with Crippen molar-refractivity contribution in [2.24, 2.45) is 0 Å². The van der Waals surface area contributed by atoms with Crippen molar-refractivity contribution in [1.82, 2.24) is 0 Å². The Morgan fingerprint density at radius 3 is 2.68 bits per heavy atom. The largest absolute Gasteiger partial charge is 0.481 e. The van der Waals surface area contributed by atoms with Gasteiger partial charge < -0.3 is 10.0 Å². The minimum absolute atomic E-state index is 0.0740. The average Bonchev–Trinajstić information content (AvgIpc) is 2.37. The summed E-state index contributed by atoms with van der Waals surface area (Å²) in [6, 6.07) is 7.26. The van der Waals surface area contributed by atoms with Gasteiger partial charge in [-0.25, -0.2) is 0 Å². The normalized spacial score (nSPS) is 21.9. The third-order valence-corrected chi connectivity index (χ3v) is 3.62. The van der Waals surface area contributed by atoms with Crippen molar-refractivity contribution in [1.29, 1.82) is 0 Å². The van der Waals surface area contributed by atoms with Gasteiger partial charge in [0.1, 0.15) is 0 Å². The second-order valence-electron chi connectivity index (χ2n) is 5.05. The van der Waals surface area contributed by atoms with Crippen LogP contribution in [0.5, 0.6) is 0 Å². The van der Waals surface area contributed by atoms with Crippen molar-refractivity contribution in [3.63, 3.8) is 0 Å². The van der Waals surface area contributed by atoms with Gasteiger partial charge in [-0.05, 0) is 31.4 Å². The van der Waals surface area contributed by atoms with Gasteiger partial charge in [0.2, 0.25) is 5.91 Å². The number of nitrogens with zero attached hydrogens (tertiary/aromatic N) is 1. The standard InChI is InChI=1S/C15H19NO3/c1-3-6-14(17)16-10(2)9-12(15(18)19)11-7-4-5-8-13(11)16/h4-5,7-8,10,12H,3,6,9H2,1-2H3,(H,18,19). The van der Waals surface area contributed by atoms with Crippen molar-refractivity contribution in [3.05, 3.63) is 29.8 Å². The van der Waals surface area contributed by atoms with Crippen molar-refractivity contribution in [2.45, 2.75) is 45.1 Å². The molecule has 1 amide bonds. The first-order valence-corrected chi connectivity index (χ1v) is 6.70. The lowest BCUT2D eigenvalue weighted by Crippen LogP contribution is -2.44. The third-order valence-electron chi connectivity index (χ3n) is 3.62. The van der Waals surface area contributed by atoms with E-state index < -0.39 is 11.9 Å². The van der Waals surface area contributed by atoms with Crippen LogP contribution in [0.15, 0.2) is 24.3 Å². The molecule has 0 fully saturated rings. The van der Waals surface area contributed by atoms with E-state index in [1.54, 1.807) is 4.90 Å². The third kappa shape index (κ3) is 2.48. The van der Waals surface area contributed by atoms with Crippen LogP contribution in [0.4, 0.5) is 5.69 Å². The van der Waals surface area contributed by atoms with Crippen LogP contribution in [0.2, 0.25) is 0 Å². The molecule has 0 saturated carbocycles. The van der Waals surface area contributed by atoms with Gasteiger partial charge in [-0.15, -0.1) is 0 Å². The molecule has 2 atom stereocenters. The van der Waals surface area contributed by atoms with Crippen molar-refractivity contribution < 1.29 is 14.7 Å². The maximum atomic E-state index is 12.2. The summed E-state index contributed by atoms with van der Waals surface area (Å²) in [6.45, 7) is 3.89. The molecule has 4 nitrogen and oxygen atoms in total. The molecule has 2 rings (SSSR count). The van der Waals surface area contributed by atoms with Crippen LogP contribution in [0.3, 0.4) is 0 Å². The van der Waals surface area contributed by atoms with E-state index in [2.05, 4.69) is 0 Å². The van der Waals surface area contributed by atoms with E-state index in [9.17, 15) is 14.7 Å². The molecular formula is C15H19NO3. The fourth-order valence-corrected chi connectivity index (χ4v) is 2.76. The summed E-state index contributed by atoms with van der Waals surface area (Å²) < 4.78 is 0. The van der Waals surface area contributed by atoms with E-state index in [-0.39, 0.29) is 11.9 Å². The zero-order valence-corrected chi connectivity index (χ0v) is 11.3. The quantitative estimate of drug-likeness (QED) is 0.910. The number of hydrogen-bond donors (Lipinski definition) is 1. The van der Waals surface area contributed by atoms with Gasteiger partial charge in [-0.1, -0.05) is 25.1 Å². The number of carbonyl (C=O) groups excluding carboxylic acids is 1. The summed E-state index contributed by atoms with van der Waals surface area (Å²) in [5.74, 6) is -1.26. The van der Waals surface area contributed by atoms with Crippen LogP contribution in [0.1, 0.15) is 44.6 Å². The first-order chi connectivity index (χ1) is 9.06. The summed E-state index contributed by atoms with van der Waals surface area (Å²) in [5, 5.41) is 9.33. The molecule has 1 aliphatic rings. The predicted molar refractivity (Wildman–Crippen MR) is 73.3 cm³/mol. The molecule has 0 spiro atoms. The van der Waals surface area contributed by atoms with Gasteiger partial charge in [0.05, 0.1) is 5.92 Å². The molecule has 0 radical (unpaired) electrons. The monoisotopic (exact) mass is 261 g/mol. The molecule has 0 aliphatic carbocycles. The smallest absolute Gasteiger partial charge is 0.311 e. The number of rotatable bonds is 3. The molecule has 19 heavy (non-hydrogen) atoms. The number of hydrogen-bond acceptors (Lipinski definition) is 2. The van der Waals surface area contributed by atoms with Crippen LogP contribution in [-0.4, -0.2) is 23.0 Å².